The Kier molecular flexibility index (Phi) is 9.23. The highest BCUT2D eigenvalue weighted by Crippen LogP contribution is 2.37. The molecule has 3 N–H and O–H groups in total. The van der Waals surface area contributed by atoms with Gasteiger partial charge >= 0.3 is 7.12 Å². The van der Waals surface area contributed by atoms with Crippen LogP contribution in [0.25, 0.3) is 0 Å². The molecule has 1 amide bonds. The van der Waals surface area contributed by atoms with Crippen LogP contribution in [0.4, 0.5) is 0 Å². The average Bonchev–Trinajstić information content (AvgIpc) is 2.82. The number of hydrogen-bond donors (Lipinski definition) is 2. The van der Waals surface area contributed by atoms with Crippen molar-refractivity contribution in [3.05, 3.63) is 30.3 Å². The molecular formula is C19H32BClN2O5. The molecule has 1 aliphatic rings. The molecule has 0 spiro atoms. The van der Waals surface area contributed by atoms with Crippen LogP contribution in [0.2, 0.25) is 0 Å². The molecule has 0 saturated carbocycles. The van der Waals surface area contributed by atoms with E-state index in [1.54, 1.807) is 0 Å². The van der Waals surface area contributed by atoms with Gasteiger partial charge in [-0.3, -0.25) is 4.79 Å². The van der Waals surface area contributed by atoms with Crippen molar-refractivity contribution in [2.24, 2.45) is 5.73 Å². The zero-order valence-corrected chi connectivity index (χ0v) is 18.1. The van der Waals surface area contributed by atoms with Gasteiger partial charge in [-0.1, -0.05) is 18.2 Å². The van der Waals surface area contributed by atoms with E-state index in [1.807, 2.05) is 58.0 Å². The van der Waals surface area contributed by atoms with Crippen LogP contribution in [-0.4, -0.2) is 56.5 Å². The summed E-state index contributed by atoms with van der Waals surface area (Å²) in [4.78, 5) is 12.4. The first-order valence-electron chi connectivity index (χ1n) is 9.24. The van der Waals surface area contributed by atoms with Crippen molar-refractivity contribution in [1.29, 1.82) is 0 Å². The van der Waals surface area contributed by atoms with Gasteiger partial charge in [-0.05, 0) is 39.8 Å². The summed E-state index contributed by atoms with van der Waals surface area (Å²) in [6.07, 6.45) is 0.511. The van der Waals surface area contributed by atoms with Gasteiger partial charge in [0.25, 0.3) is 0 Å². The fourth-order valence-corrected chi connectivity index (χ4v) is 2.69. The molecule has 1 aliphatic heterocycles. The van der Waals surface area contributed by atoms with Gasteiger partial charge in [-0.15, -0.1) is 12.4 Å². The standard InChI is InChI=1S/C19H31BN2O5.ClH/c1-18(2)19(3,4)27-20(26-18)16(22-17(23)15(21)13-24-5)11-12-25-14-9-7-6-8-10-14;/h6-10,15-16H,11-13,21H2,1-5H3,(H,22,23);1H/t15?,16-;/m0./s1. The van der Waals surface area contributed by atoms with E-state index >= 15 is 0 Å². The summed E-state index contributed by atoms with van der Waals surface area (Å²) in [5.74, 6) is 0.0639. The molecule has 158 valence electrons. The SMILES string of the molecule is COCC(N)C(=O)N[C@@H](CCOc1ccccc1)B1OC(C)(C)C(C)(C)O1.Cl. The molecule has 2 rings (SSSR count). The lowest BCUT2D eigenvalue weighted by atomic mass is 9.76. The van der Waals surface area contributed by atoms with Gasteiger partial charge in [0, 0.05) is 13.5 Å². The summed E-state index contributed by atoms with van der Waals surface area (Å²) in [6, 6.07) is 8.76. The quantitative estimate of drug-likeness (QED) is 0.600. The minimum Gasteiger partial charge on any atom is -0.494 e. The number of carbonyl (C=O) groups is 1. The monoisotopic (exact) mass is 414 g/mol. The second-order valence-electron chi connectivity index (χ2n) is 7.75. The van der Waals surface area contributed by atoms with Gasteiger partial charge in [0.2, 0.25) is 5.91 Å². The van der Waals surface area contributed by atoms with Gasteiger partial charge in [0.1, 0.15) is 11.8 Å². The van der Waals surface area contributed by atoms with E-state index in [4.69, 9.17) is 24.5 Å². The van der Waals surface area contributed by atoms with Crippen molar-refractivity contribution in [1.82, 2.24) is 5.32 Å². The summed E-state index contributed by atoms with van der Waals surface area (Å²) < 4.78 is 22.9. The summed E-state index contributed by atoms with van der Waals surface area (Å²) in [7, 11) is 0.917. The van der Waals surface area contributed by atoms with Crippen LogP contribution in [0.15, 0.2) is 30.3 Å². The molecule has 1 aromatic rings. The zero-order valence-electron chi connectivity index (χ0n) is 17.3. The second-order valence-corrected chi connectivity index (χ2v) is 7.75. The van der Waals surface area contributed by atoms with Crippen LogP contribution in [-0.2, 0) is 18.8 Å². The van der Waals surface area contributed by atoms with Crippen LogP contribution < -0.4 is 15.8 Å². The van der Waals surface area contributed by atoms with Crippen LogP contribution in [0.5, 0.6) is 5.75 Å². The van der Waals surface area contributed by atoms with Crippen LogP contribution in [0, 0.1) is 0 Å². The number of hydrogen-bond acceptors (Lipinski definition) is 6. The molecular weight excluding hydrogens is 382 g/mol. The molecule has 0 aliphatic carbocycles. The van der Waals surface area contributed by atoms with Gasteiger partial charge in [-0.25, -0.2) is 0 Å². The highest BCUT2D eigenvalue weighted by atomic mass is 35.5. The maximum absolute atomic E-state index is 12.4. The van der Waals surface area contributed by atoms with Gasteiger partial charge in [0.15, 0.2) is 0 Å². The third-order valence-corrected chi connectivity index (χ3v) is 5.05. The summed E-state index contributed by atoms with van der Waals surface area (Å²) in [6.45, 7) is 8.44. The Bertz CT molecular complexity index is 602. The topological polar surface area (TPSA) is 92.0 Å². The van der Waals surface area contributed by atoms with Crippen molar-refractivity contribution in [2.45, 2.75) is 57.3 Å². The largest absolute Gasteiger partial charge is 0.494 e. The van der Waals surface area contributed by atoms with Crippen molar-refractivity contribution in [3.63, 3.8) is 0 Å². The number of halogens is 1. The molecule has 0 bridgehead atoms. The number of methoxy groups -OCH3 is 1. The number of rotatable bonds is 9. The number of benzene rings is 1. The Morgan fingerprint density at radius 2 is 1.75 bits per heavy atom. The van der Waals surface area contributed by atoms with Crippen molar-refractivity contribution in [3.8, 4) is 5.75 Å². The molecule has 28 heavy (non-hydrogen) atoms. The fraction of sp³-hybridized carbons (Fsp3) is 0.632. The van der Waals surface area contributed by atoms with Crippen molar-refractivity contribution in [2.75, 3.05) is 20.3 Å². The Hall–Kier alpha value is -1.32. The number of amides is 1. The van der Waals surface area contributed by atoms with E-state index in [-0.39, 0.29) is 24.9 Å². The number of carbonyl (C=O) groups excluding carboxylic acids is 1. The summed E-state index contributed by atoms with van der Waals surface area (Å²) in [5.41, 5.74) is 4.87. The zero-order chi connectivity index (χ0) is 20.1. The Labute approximate surface area is 174 Å². The lowest BCUT2D eigenvalue weighted by Gasteiger charge is -2.32. The Morgan fingerprint density at radius 1 is 1.18 bits per heavy atom. The van der Waals surface area contributed by atoms with E-state index in [0.717, 1.165) is 5.75 Å². The minimum atomic E-state index is -0.755. The number of para-hydroxylation sites is 1. The maximum atomic E-state index is 12.4. The molecule has 1 fully saturated rings. The predicted molar refractivity (Wildman–Crippen MR) is 112 cm³/mol. The Balaban J connectivity index is 0.00000392. The van der Waals surface area contributed by atoms with Gasteiger partial charge < -0.3 is 29.8 Å². The number of ether oxygens (including phenoxy) is 2. The highest BCUT2D eigenvalue weighted by Gasteiger charge is 2.54. The fourth-order valence-electron chi connectivity index (χ4n) is 2.69. The van der Waals surface area contributed by atoms with Gasteiger partial charge in [0.05, 0.1) is 30.4 Å². The summed E-state index contributed by atoms with van der Waals surface area (Å²) in [5, 5.41) is 2.93. The van der Waals surface area contributed by atoms with E-state index < -0.39 is 30.3 Å². The average molecular weight is 415 g/mol. The van der Waals surface area contributed by atoms with Crippen LogP contribution >= 0.6 is 12.4 Å². The predicted octanol–water partition coefficient (Wildman–Crippen LogP) is 1.97. The molecule has 7 nitrogen and oxygen atoms in total. The smallest absolute Gasteiger partial charge is 0.481 e. The molecule has 1 aromatic carbocycles. The number of nitrogens with two attached hydrogens (primary N) is 1. The second kappa shape index (κ2) is 10.5. The molecule has 1 saturated heterocycles. The molecule has 2 atom stereocenters. The van der Waals surface area contributed by atoms with Crippen molar-refractivity contribution < 1.29 is 23.6 Å². The third-order valence-electron chi connectivity index (χ3n) is 5.05. The third kappa shape index (κ3) is 6.35. The van der Waals surface area contributed by atoms with E-state index in [1.165, 1.54) is 7.11 Å². The summed E-state index contributed by atoms with van der Waals surface area (Å²) >= 11 is 0. The first kappa shape index (κ1) is 24.7. The molecule has 0 radical (unpaired) electrons. The molecule has 9 heteroatoms. The van der Waals surface area contributed by atoms with Gasteiger partial charge in [-0.2, -0.15) is 0 Å². The van der Waals surface area contributed by atoms with E-state index in [0.29, 0.717) is 13.0 Å². The van der Waals surface area contributed by atoms with Crippen molar-refractivity contribution >= 4 is 25.4 Å². The van der Waals surface area contributed by atoms with E-state index in [9.17, 15) is 4.79 Å². The molecule has 0 aromatic heterocycles. The number of nitrogens with one attached hydrogen (secondary N) is 1. The Morgan fingerprint density at radius 3 is 2.29 bits per heavy atom. The first-order chi connectivity index (χ1) is 12.7. The first-order valence-corrected chi connectivity index (χ1v) is 9.24. The lowest BCUT2D eigenvalue weighted by molar-refractivity contribution is -0.123. The van der Waals surface area contributed by atoms with Crippen LogP contribution in [0.3, 0.4) is 0 Å². The van der Waals surface area contributed by atoms with E-state index in [2.05, 4.69) is 5.32 Å². The normalized spacial score (nSPS) is 19.4. The lowest BCUT2D eigenvalue weighted by Crippen LogP contribution is -2.54. The highest BCUT2D eigenvalue weighted by molar-refractivity contribution is 6.48. The molecule has 1 heterocycles. The minimum absolute atomic E-state index is 0. The maximum Gasteiger partial charge on any atom is 0.481 e. The molecule has 1 unspecified atom stereocenters. The van der Waals surface area contributed by atoms with Crippen LogP contribution in [0.1, 0.15) is 34.1 Å².